The number of hydrogen-bond donors (Lipinski definition) is 2. The molecule has 2 amide bonds. The van der Waals surface area contributed by atoms with Crippen LogP contribution < -0.4 is 10.6 Å². The van der Waals surface area contributed by atoms with Crippen molar-refractivity contribution >= 4 is 17.8 Å². The normalized spacial score (nSPS) is 13.2. The van der Waals surface area contributed by atoms with E-state index in [-0.39, 0.29) is 12.5 Å². The average Bonchev–Trinajstić information content (AvgIpc) is 2.31. The largest absolute Gasteiger partial charge is 0.466 e. The van der Waals surface area contributed by atoms with E-state index in [4.69, 9.17) is 6.42 Å². The van der Waals surface area contributed by atoms with Gasteiger partial charge in [0.2, 0.25) is 17.4 Å². The Morgan fingerprint density at radius 2 is 1.94 bits per heavy atom. The molecule has 0 radical (unpaired) electrons. The maximum Gasteiger partial charge on any atom is 0.348 e. The Morgan fingerprint density at radius 3 is 2.33 bits per heavy atom. The molecule has 0 aromatic heterocycles. The summed E-state index contributed by atoms with van der Waals surface area (Å²) >= 11 is 0. The second kappa shape index (κ2) is 7.12. The first-order valence-corrected chi connectivity index (χ1v) is 5.15. The molecule has 0 aliphatic heterocycles. The molecule has 0 aromatic rings. The summed E-state index contributed by atoms with van der Waals surface area (Å²) in [6.45, 7) is 2.78. The smallest absolute Gasteiger partial charge is 0.348 e. The third-order valence-electron chi connectivity index (χ3n) is 1.94. The fourth-order valence-corrected chi connectivity index (χ4v) is 1.18. The highest BCUT2D eigenvalue weighted by Crippen LogP contribution is 2.08. The first kappa shape index (κ1) is 15.7. The number of methoxy groups -OCH3 is 1. The monoisotopic (exact) mass is 252 g/mol. The zero-order chi connectivity index (χ0) is 14.2. The quantitative estimate of drug-likeness (QED) is 0.387. The van der Waals surface area contributed by atoms with E-state index in [1.54, 1.807) is 0 Å². The van der Waals surface area contributed by atoms with Crippen LogP contribution in [0.1, 0.15) is 13.8 Å². The van der Waals surface area contributed by atoms with E-state index < -0.39 is 17.4 Å². The number of carbonyl (C=O) groups is 3. The predicted octanol–water partition coefficient (Wildman–Crippen LogP) is -0.640. The Balaban J connectivity index is 4.97. The molecular weight excluding hydrogens is 236 g/mol. The summed E-state index contributed by atoms with van der Waals surface area (Å²) < 4.78 is 4.55. The van der Waals surface area contributed by atoms with Crippen molar-refractivity contribution in [3.63, 3.8) is 0 Å². The highest BCUT2D eigenvalue weighted by atomic mass is 16.5. The molecule has 0 spiro atoms. The van der Waals surface area contributed by atoms with E-state index in [1.807, 2.05) is 0 Å². The topological polar surface area (TPSA) is 84.5 Å². The minimum atomic E-state index is -1.65. The van der Waals surface area contributed by atoms with Crippen LogP contribution in [-0.2, 0) is 19.1 Å². The highest BCUT2D eigenvalue weighted by molar-refractivity contribution is 5.92. The van der Waals surface area contributed by atoms with Crippen molar-refractivity contribution in [2.24, 2.45) is 0 Å². The van der Waals surface area contributed by atoms with Crippen molar-refractivity contribution in [3.05, 3.63) is 12.2 Å². The lowest BCUT2D eigenvalue weighted by Gasteiger charge is -2.22. The molecule has 0 aliphatic rings. The fourth-order valence-electron chi connectivity index (χ4n) is 1.18. The molecule has 0 aliphatic carbocycles. The summed E-state index contributed by atoms with van der Waals surface area (Å²) in [4.78, 5) is 33.3. The summed E-state index contributed by atoms with van der Waals surface area (Å²) in [7, 11) is 1.16. The summed E-state index contributed by atoms with van der Waals surface area (Å²) in [5.41, 5.74) is -1.65. The lowest BCUT2D eigenvalue weighted by Crippen LogP contribution is -2.52. The van der Waals surface area contributed by atoms with Gasteiger partial charge in [-0.25, -0.2) is 4.79 Å². The molecule has 0 bridgehead atoms. The van der Waals surface area contributed by atoms with Crippen LogP contribution in [0.4, 0.5) is 0 Å². The molecule has 0 saturated heterocycles. The third-order valence-corrected chi connectivity index (χ3v) is 1.94. The summed E-state index contributed by atoms with van der Waals surface area (Å²) in [5, 5.41) is 4.83. The van der Waals surface area contributed by atoms with Gasteiger partial charge in [-0.05, 0) is 6.08 Å². The summed E-state index contributed by atoms with van der Waals surface area (Å²) in [5.74, 6) is 0.712. The lowest BCUT2D eigenvalue weighted by molar-refractivity contribution is -0.146. The van der Waals surface area contributed by atoms with E-state index in [2.05, 4.69) is 21.3 Å². The highest BCUT2D eigenvalue weighted by Gasteiger charge is 2.35. The van der Waals surface area contributed by atoms with Gasteiger partial charge in [0.1, 0.15) is 0 Å². The molecule has 98 valence electrons. The SMILES string of the molecule is C#CC(C=CCNC(C)=O)(NC(C)=O)C(=O)OC. The van der Waals surface area contributed by atoms with Crippen LogP contribution in [0.5, 0.6) is 0 Å². The van der Waals surface area contributed by atoms with Gasteiger partial charge in [0.15, 0.2) is 0 Å². The van der Waals surface area contributed by atoms with Crippen molar-refractivity contribution in [1.29, 1.82) is 0 Å². The molecule has 0 aromatic carbocycles. The fraction of sp³-hybridized carbons (Fsp3) is 0.417. The molecular formula is C12H16N2O4. The van der Waals surface area contributed by atoms with E-state index in [0.29, 0.717) is 0 Å². The van der Waals surface area contributed by atoms with Crippen LogP contribution in [0.25, 0.3) is 0 Å². The van der Waals surface area contributed by atoms with E-state index in [0.717, 1.165) is 7.11 Å². The zero-order valence-electron chi connectivity index (χ0n) is 10.6. The second-order valence-electron chi connectivity index (χ2n) is 3.46. The van der Waals surface area contributed by atoms with Gasteiger partial charge < -0.3 is 15.4 Å². The predicted molar refractivity (Wildman–Crippen MR) is 65.2 cm³/mol. The van der Waals surface area contributed by atoms with Gasteiger partial charge in [-0.1, -0.05) is 12.0 Å². The Kier molecular flexibility index (Phi) is 6.21. The molecule has 6 heteroatoms. The number of ether oxygens (including phenoxy) is 1. The number of amides is 2. The van der Waals surface area contributed by atoms with Gasteiger partial charge in [0.05, 0.1) is 7.11 Å². The van der Waals surface area contributed by atoms with Crippen LogP contribution in [0.15, 0.2) is 12.2 Å². The Hall–Kier alpha value is -2.29. The molecule has 0 saturated carbocycles. The van der Waals surface area contributed by atoms with Crippen molar-refractivity contribution in [2.75, 3.05) is 13.7 Å². The van der Waals surface area contributed by atoms with Gasteiger partial charge in [-0.15, -0.1) is 6.42 Å². The van der Waals surface area contributed by atoms with Crippen LogP contribution in [0.2, 0.25) is 0 Å². The maximum absolute atomic E-state index is 11.6. The van der Waals surface area contributed by atoms with Crippen LogP contribution >= 0.6 is 0 Å². The van der Waals surface area contributed by atoms with Crippen LogP contribution in [0.3, 0.4) is 0 Å². The third kappa shape index (κ3) is 4.70. The summed E-state index contributed by atoms with van der Waals surface area (Å²) in [6, 6.07) is 0. The molecule has 0 rings (SSSR count). The van der Waals surface area contributed by atoms with E-state index >= 15 is 0 Å². The Labute approximate surface area is 106 Å². The number of terminal acetylenes is 1. The molecule has 6 nitrogen and oxygen atoms in total. The first-order valence-electron chi connectivity index (χ1n) is 5.15. The molecule has 18 heavy (non-hydrogen) atoms. The number of hydrogen-bond acceptors (Lipinski definition) is 4. The van der Waals surface area contributed by atoms with Crippen LogP contribution in [-0.4, -0.2) is 37.0 Å². The van der Waals surface area contributed by atoms with Crippen molar-refractivity contribution < 1.29 is 19.1 Å². The average molecular weight is 252 g/mol. The van der Waals surface area contributed by atoms with Gasteiger partial charge >= 0.3 is 5.97 Å². The number of esters is 1. The Bertz CT molecular complexity index is 409. The zero-order valence-corrected chi connectivity index (χ0v) is 10.6. The number of carbonyl (C=O) groups excluding carboxylic acids is 3. The maximum atomic E-state index is 11.6. The lowest BCUT2D eigenvalue weighted by atomic mass is 10.00. The van der Waals surface area contributed by atoms with E-state index in [9.17, 15) is 14.4 Å². The number of rotatable bonds is 5. The second-order valence-corrected chi connectivity index (χ2v) is 3.46. The van der Waals surface area contributed by atoms with Crippen molar-refractivity contribution in [1.82, 2.24) is 10.6 Å². The van der Waals surface area contributed by atoms with Crippen molar-refractivity contribution in [2.45, 2.75) is 19.4 Å². The van der Waals surface area contributed by atoms with Gasteiger partial charge in [0.25, 0.3) is 0 Å². The molecule has 1 unspecified atom stereocenters. The molecule has 2 N–H and O–H groups in total. The number of nitrogens with one attached hydrogen (secondary N) is 2. The molecule has 0 heterocycles. The van der Waals surface area contributed by atoms with Gasteiger partial charge in [-0.2, -0.15) is 0 Å². The first-order chi connectivity index (χ1) is 8.38. The summed E-state index contributed by atoms with van der Waals surface area (Å²) in [6.07, 6.45) is 8.04. The molecule has 0 fully saturated rings. The van der Waals surface area contributed by atoms with Gasteiger partial charge in [-0.3, -0.25) is 9.59 Å². The minimum absolute atomic E-state index is 0.190. The van der Waals surface area contributed by atoms with Gasteiger partial charge in [0, 0.05) is 20.4 Å². The van der Waals surface area contributed by atoms with Crippen molar-refractivity contribution in [3.8, 4) is 12.3 Å². The van der Waals surface area contributed by atoms with Crippen LogP contribution in [0, 0.1) is 12.3 Å². The molecule has 1 atom stereocenters. The van der Waals surface area contributed by atoms with E-state index in [1.165, 1.54) is 26.0 Å². The minimum Gasteiger partial charge on any atom is -0.466 e. The standard InChI is InChI=1S/C12H16N2O4/c1-5-12(11(17)18-4,14-10(3)16)7-6-8-13-9(2)15/h1,6-7H,8H2,2-4H3,(H,13,15)(H,14,16). The Morgan fingerprint density at radius 1 is 1.33 bits per heavy atom.